The van der Waals surface area contributed by atoms with Crippen LogP contribution in [0.15, 0.2) is 16.7 Å². The van der Waals surface area contributed by atoms with Crippen LogP contribution < -0.4 is 5.32 Å². The van der Waals surface area contributed by atoms with Crippen LogP contribution in [-0.2, 0) is 11.2 Å². The van der Waals surface area contributed by atoms with Gasteiger partial charge in [0, 0.05) is 18.7 Å². The van der Waals surface area contributed by atoms with Gasteiger partial charge in [-0.3, -0.25) is 0 Å². The second-order valence-electron chi connectivity index (χ2n) is 5.37. The summed E-state index contributed by atoms with van der Waals surface area (Å²) in [6.45, 7) is 6.11. The van der Waals surface area contributed by atoms with Crippen LogP contribution in [0.5, 0.6) is 5.75 Å². The molecule has 0 bridgehead atoms. The van der Waals surface area contributed by atoms with Crippen molar-refractivity contribution in [3.8, 4) is 17.1 Å². The fraction of sp³-hybridized carbons (Fsp3) is 0.467. The van der Waals surface area contributed by atoms with Crippen LogP contribution in [0.4, 0.5) is 0 Å². The van der Waals surface area contributed by atoms with E-state index in [4.69, 9.17) is 9.26 Å². The molecule has 0 aliphatic carbocycles. The van der Waals surface area contributed by atoms with E-state index < -0.39 is 0 Å². The van der Waals surface area contributed by atoms with Gasteiger partial charge in [0.05, 0.1) is 19.1 Å². The summed E-state index contributed by atoms with van der Waals surface area (Å²) in [5.41, 5.74) is 2.45. The molecule has 1 aliphatic heterocycles. The summed E-state index contributed by atoms with van der Waals surface area (Å²) in [7, 11) is 0. The van der Waals surface area contributed by atoms with Gasteiger partial charge < -0.3 is 19.7 Å². The van der Waals surface area contributed by atoms with Gasteiger partial charge in [-0.2, -0.15) is 4.98 Å². The van der Waals surface area contributed by atoms with Gasteiger partial charge in [-0.25, -0.2) is 0 Å². The van der Waals surface area contributed by atoms with Gasteiger partial charge in [0.15, 0.2) is 0 Å². The predicted molar refractivity (Wildman–Crippen MR) is 77.2 cm³/mol. The van der Waals surface area contributed by atoms with Gasteiger partial charge in [0.2, 0.25) is 11.7 Å². The van der Waals surface area contributed by atoms with Crippen LogP contribution >= 0.6 is 0 Å². The molecule has 1 aromatic heterocycles. The van der Waals surface area contributed by atoms with Crippen molar-refractivity contribution in [1.29, 1.82) is 0 Å². The Morgan fingerprint density at radius 2 is 2.10 bits per heavy atom. The summed E-state index contributed by atoms with van der Waals surface area (Å²) in [4.78, 5) is 4.42. The molecule has 0 saturated carbocycles. The molecular weight excluding hydrogens is 270 g/mol. The van der Waals surface area contributed by atoms with Gasteiger partial charge in [0.25, 0.3) is 0 Å². The number of nitrogens with one attached hydrogen (secondary N) is 1. The van der Waals surface area contributed by atoms with Crippen molar-refractivity contribution in [3.05, 3.63) is 29.2 Å². The molecule has 1 aromatic carbocycles. The van der Waals surface area contributed by atoms with Crippen molar-refractivity contribution in [3.63, 3.8) is 0 Å². The minimum Gasteiger partial charge on any atom is -0.507 e. The maximum atomic E-state index is 9.81. The SMILES string of the molecule is Cc1cc(-c2noc(CC3CNCCO3)n2)cc(C)c1O. The fourth-order valence-electron chi connectivity index (χ4n) is 2.49. The molecule has 1 atom stereocenters. The number of morpholine rings is 1. The van der Waals surface area contributed by atoms with E-state index in [0.717, 1.165) is 29.8 Å². The first-order chi connectivity index (χ1) is 10.1. The number of phenolic OH excluding ortho intramolecular Hbond substituents is 1. The molecule has 2 aromatic rings. The minimum atomic E-state index is 0.0790. The largest absolute Gasteiger partial charge is 0.507 e. The molecular formula is C15H19N3O3. The monoisotopic (exact) mass is 289 g/mol. The van der Waals surface area contributed by atoms with Crippen molar-refractivity contribution < 1.29 is 14.4 Å². The van der Waals surface area contributed by atoms with Crippen LogP contribution in [0, 0.1) is 13.8 Å². The Hall–Kier alpha value is -1.92. The molecule has 1 aliphatic rings. The third-order valence-electron chi connectivity index (χ3n) is 3.62. The lowest BCUT2D eigenvalue weighted by molar-refractivity contribution is 0.0246. The zero-order chi connectivity index (χ0) is 14.8. The van der Waals surface area contributed by atoms with E-state index in [1.165, 1.54) is 0 Å². The average Bonchev–Trinajstić information content (AvgIpc) is 2.94. The Bertz CT molecular complexity index is 610. The van der Waals surface area contributed by atoms with Gasteiger partial charge in [-0.15, -0.1) is 0 Å². The quantitative estimate of drug-likeness (QED) is 0.893. The normalized spacial score (nSPS) is 18.9. The van der Waals surface area contributed by atoms with Crippen molar-refractivity contribution in [2.45, 2.75) is 26.4 Å². The highest BCUT2D eigenvalue weighted by molar-refractivity contribution is 5.60. The summed E-state index contributed by atoms with van der Waals surface area (Å²) in [5, 5.41) is 17.1. The fourth-order valence-corrected chi connectivity index (χ4v) is 2.49. The van der Waals surface area contributed by atoms with Crippen LogP contribution in [0.1, 0.15) is 17.0 Å². The molecule has 21 heavy (non-hydrogen) atoms. The zero-order valence-electron chi connectivity index (χ0n) is 12.2. The number of aromatic hydroxyl groups is 1. The van der Waals surface area contributed by atoms with E-state index in [0.29, 0.717) is 30.5 Å². The highest BCUT2D eigenvalue weighted by atomic mass is 16.5. The van der Waals surface area contributed by atoms with Crippen molar-refractivity contribution in [1.82, 2.24) is 15.5 Å². The standard InChI is InChI=1S/C15H19N3O3/c1-9-5-11(6-10(2)14(9)19)15-17-13(21-18-15)7-12-8-16-3-4-20-12/h5-6,12,16,19H,3-4,7-8H2,1-2H3. The molecule has 1 saturated heterocycles. The number of phenols is 1. The number of nitrogens with zero attached hydrogens (tertiary/aromatic N) is 2. The molecule has 2 N–H and O–H groups in total. The molecule has 6 heteroatoms. The van der Waals surface area contributed by atoms with Gasteiger partial charge >= 0.3 is 0 Å². The zero-order valence-corrected chi connectivity index (χ0v) is 12.2. The van der Waals surface area contributed by atoms with E-state index in [-0.39, 0.29) is 6.10 Å². The lowest BCUT2D eigenvalue weighted by Crippen LogP contribution is -2.39. The summed E-state index contributed by atoms with van der Waals surface area (Å²) in [5.74, 6) is 1.42. The second kappa shape index (κ2) is 5.83. The second-order valence-corrected chi connectivity index (χ2v) is 5.37. The van der Waals surface area contributed by atoms with Crippen molar-refractivity contribution in [2.75, 3.05) is 19.7 Å². The molecule has 0 radical (unpaired) electrons. The third kappa shape index (κ3) is 3.06. The maximum absolute atomic E-state index is 9.81. The highest BCUT2D eigenvalue weighted by Gasteiger charge is 2.18. The van der Waals surface area contributed by atoms with E-state index in [9.17, 15) is 5.11 Å². The van der Waals surface area contributed by atoms with E-state index in [1.54, 1.807) is 0 Å². The van der Waals surface area contributed by atoms with Crippen LogP contribution in [0.3, 0.4) is 0 Å². The number of benzene rings is 1. The lowest BCUT2D eigenvalue weighted by Gasteiger charge is -2.21. The predicted octanol–water partition coefficient (Wildman–Crippen LogP) is 1.59. The average molecular weight is 289 g/mol. The summed E-state index contributed by atoms with van der Waals surface area (Å²) in [6.07, 6.45) is 0.686. The third-order valence-corrected chi connectivity index (χ3v) is 3.62. The van der Waals surface area contributed by atoms with Gasteiger partial charge in [0.1, 0.15) is 5.75 Å². The van der Waals surface area contributed by atoms with E-state index in [1.807, 2.05) is 26.0 Å². The number of aromatic nitrogens is 2. The van der Waals surface area contributed by atoms with E-state index >= 15 is 0 Å². The van der Waals surface area contributed by atoms with Crippen molar-refractivity contribution in [2.24, 2.45) is 0 Å². The van der Waals surface area contributed by atoms with Crippen LogP contribution in [0.2, 0.25) is 0 Å². The minimum absolute atomic E-state index is 0.0790. The highest BCUT2D eigenvalue weighted by Crippen LogP contribution is 2.27. The molecule has 0 amide bonds. The van der Waals surface area contributed by atoms with Crippen LogP contribution in [0.25, 0.3) is 11.4 Å². The Balaban J connectivity index is 1.78. The number of ether oxygens (including phenoxy) is 1. The Morgan fingerprint density at radius 1 is 1.33 bits per heavy atom. The molecule has 0 spiro atoms. The Kier molecular flexibility index (Phi) is 3.90. The van der Waals surface area contributed by atoms with Gasteiger partial charge in [-0.05, 0) is 37.1 Å². The maximum Gasteiger partial charge on any atom is 0.229 e. The van der Waals surface area contributed by atoms with Crippen molar-refractivity contribution >= 4 is 0 Å². The molecule has 1 unspecified atom stereocenters. The van der Waals surface area contributed by atoms with Crippen LogP contribution in [-0.4, -0.2) is 41.0 Å². The summed E-state index contributed by atoms with van der Waals surface area (Å²) < 4.78 is 10.9. The molecule has 2 heterocycles. The van der Waals surface area contributed by atoms with Gasteiger partial charge in [-0.1, -0.05) is 5.16 Å². The Labute approximate surface area is 123 Å². The topological polar surface area (TPSA) is 80.4 Å². The lowest BCUT2D eigenvalue weighted by atomic mass is 10.1. The molecule has 6 nitrogen and oxygen atoms in total. The smallest absolute Gasteiger partial charge is 0.229 e. The first-order valence-electron chi connectivity index (χ1n) is 7.09. The number of aryl methyl sites for hydroxylation is 2. The Morgan fingerprint density at radius 3 is 2.76 bits per heavy atom. The summed E-state index contributed by atoms with van der Waals surface area (Å²) in [6, 6.07) is 3.71. The first-order valence-corrected chi connectivity index (χ1v) is 7.09. The number of hydrogen-bond acceptors (Lipinski definition) is 6. The summed E-state index contributed by atoms with van der Waals surface area (Å²) >= 11 is 0. The van der Waals surface area contributed by atoms with E-state index in [2.05, 4.69) is 15.5 Å². The number of rotatable bonds is 3. The molecule has 3 rings (SSSR count). The first kappa shape index (κ1) is 14.0. The molecule has 1 fully saturated rings. The molecule has 112 valence electrons. The number of hydrogen-bond donors (Lipinski definition) is 2.